The molecule has 80 valence electrons. The van der Waals surface area contributed by atoms with Crippen LogP contribution in [0.2, 0.25) is 0 Å². The van der Waals surface area contributed by atoms with Crippen molar-refractivity contribution in [2.45, 2.75) is 4.90 Å². The van der Waals surface area contributed by atoms with Crippen molar-refractivity contribution in [3.63, 3.8) is 0 Å². The number of hydrogen-bond donors (Lipinski definition) is 1. The molecule has 0 aliphatic carbocycles. The second-order valence-corrected chi connectivity index (χ2v) is 4.40. The van der Waals surface area contributed by atoms with Gasteiger partial charge in [0, 0.05) is 0 Å². The highest BCUT2D eigenvalue weighted by Crippen LogP contribution is 2.24. The van der Waals surface area contributed by atoms with Crippen molar-refractivity contribution < 1.29 is 8.73 Å². The summed E-state index contributed by atoms with van der Waals surface area (Å²) in [5.41, 5.74) is 1.50. The lowest BCUT2D eigenvalue weighted by Gasteiger charge is -2.15. The van der Waals surface area contributed by atoms with E-state index in [0.717, 1.165) is 10.5 Å². The lowest BCUT2D eigenvalue weighted by atomic mass is 10.2. The molecule has 0 saturated heterocycles. The molecule has 16 heavy (non-hydrogen) atoms. The van der Waals surface area contributed by atoms with Crippen molar-refractivity contribution in [1.82, 2.24) is 14.9 Å². The summed E-state index contributed by atoms with van der Waals surface area (Å²) in [5.74, 6) is 0.405. The Morgan fingerprint density at radius 1 is 1.31 bits per heavy atom. The molecule has 1 aromatic heterocycles. The van der Waals surface area contributed by atoms with Gasteiger partial charge in [-0.15, -0.1) is 0 Å². The van der Waals surface area contributed by atoms with Crippen molar-refractivity contribution in [2.24, 2.45) is 0 Å². The van der Waals surface area contributed by atoms with Crippen molar-refractivity contribution in [2.75, 3.05) is 0 Å². The van der Waals surface area contributed by atoms with Gasteiger partial charge in [-0.05, 0) is 17.7 Å². The molecule has 0 saturated carbocycles. The van der Waals surface area contributed by atoms with Crippen LogP contribution in [0.3, 0.4) is 0 Å². The molecule has 2 aromatic rings. The number of rotatable bonds is 1. The Bertz CT molecular complexity index is 578. The summed E-state index contributed by atoms with van der Waals surface area (Å²) in [4.78, 5) is 4.66. The fourth-order valence-electron chi connectivity index (χ4n) is 1.51. The molecule has 1 atom stereocenters. The quantitative estimate of drug-likeness (QED) is 0.803. The maximum Gasteiger partial charge on any atom is 0.219 e. The van der Waals surface area contributed by atoms with Crippen LogP contribution in [0.25, 0.3) is 11.8 Å². The van der Waals surface area contributed by atoms with Crippen molar-refractivity contribution in [3.05, 3.63) is 42.0 Å². The summed E-state index contributed by atoms with van der Waals surface area (Å²) in [7, 11) is -1.27. The van der Waals surface area contributed by atoms with Crippen LogP contribution in [-0.4, -0.2) is 14.3 Å². The molecule has 3 rings (SSSR count). The van der Waals surface area contributed by atoms with E-state index in [-0.39, 0.29) is 0 Å². The number of nitrogens with zero attached hydrogens (tertiary/aromatic N) is 2. The molecule has 1 unspecified atom stereocenters. The average molecular weight is 233 g/mol. The lowest BCUT2D eigenvalue weighted by molar-refractivity contribution is 0.415. The topological polar surface area (TPSA) is 68.0 Å². The smallest absolute Gasteiger partial charge is 0.219 e. The van der Waals surface area contributed by atoms with Crippen LogP contribution in [-0.2, 0) is 11.0 Å². The van der Waals surface area contributed by atoms with Crippen LogP contribution in [0.15, 0.2) is 40.1 Å². The number of benzene rings is 1. The van der Waals surface area contributed by atoms with Crippen molar-refractivity contribution in [3.8, 4) is 0 Å². The Balaban J connectivity index is 2.13. The molecule has 0 fully saturated rings. The summed E-state index contributed by atoms with van der Waals surface area (Å²) in [6.45, 7) is 0. The van der Waals surface area contributed by atoms with Gasteiger partial charge in [0.25, 0.3) is 0 Å². The summed E-state index contributed by atoms with van der Waals surface area (Å²) in [6, 6.07) is 7.47. The zero-order valence-corrected chi connectivity index (χ0v) is 8.90. The fourth-order valence-corrected chi connectivity index (χ4v) is 2.51. The number of hydrogen-bond acceptors (Lipinski definition) is 4. The number of aromatic nitrogens is 2. The molecule has 0 spiro atoms. The van der Waals surface area contributed by atoms with Gasteiger partial charge in [-0.25, -0.2) is 4.21 Å². The van der Waals surface area contributed by atoms with Gasteiger partial charge in [0.15, 0.2) is 11.0 Å². The molecule has 1 aromatic carbocycles. The first-order valence-corrected chi connectivity index (χ1v) is 5.75. The van der Waals surface area contributed by atoms with Gasteiger partial charge in [0.2, 0.25) is 12.2 Å². The van der Waals surface area contributed by atoms with E-state index < -0.39 is 11.0 Å². The minimum atomic E-state index is -1.27. The van der Waals surface area contributed by atoms with E-state index in [2.05, 4.69) is 19.4 Å². The zero-order chi connectivity index (χ0) is 11.0. The van der Waals surface area contributed by atoms with Gasteiger partial charge >= 0.3 is 0 Å². The normalized spacial score (nSPS) is 18.5. The van der Waals surface area contributed by atoms with E-state index in [1.807, 2.05) is 30.3 Å². The molecule has 6 heteroatoms. The Labute approximate surface area is 93.8 Å². The molecular weight excluding hydrogens is 226 g/mol. The second-order valence-electron chi connectivity index (χ2n) is 3.22. The highest BCUT2D eigenvalue weighted by molar-refractivity contribution is 7.83. The molecule has 1 aliphatic heterocycles. The molecule has 1 N–H and O–H groups in total. The van der Waals surface area contributed by atoms with Crippen LogP contribution in [0, 0.1) is 0 Å². The van der Waals surface area contributed by atoms with Crippen LogP contribution in [0.4, 0.5) is 0 Å². The highest BCUT2D eigenvalue weighted by Gasteiger charge is 2.18. The van der Waals surface area contributed by atoms with E-state index in [1.54, 1.807) is 0 Å². The molecule has 2 heterocycles. The van der Waals surface area contributed by atoms with Crippen LogP contribution >= 0.6 is 0 Å². The van der Waals surface area contributed by atoms with Gasteiger partial charge in [-0.2, -0.15) is 4.98 Å². The standard InChI is InChI=1S/C10H7N3O2S/c14-16-9-4-2-1-3-7(9)5-8(13-16)10-11-6-15-12-10/h1-6,13H. The van der Waals surface area contributed by atoms with Gasteiger partial charge in [-0.3, -0.25) is 4.72 Å². The first-order chi connectivity index (χ1) is 7.84. The fraction of sp³-hybridized carbons (Fsp3) is 0. The molecule has 0 amide bonds. The maximum absolute atomic E-state index is 11.9. The summed E-state index contributed by atoms with van der Waals surface area (Å²) >= 11 is 0. The van der Waals surface area contributed by atoms with Gasteiger partial charge in [0.1, 0.15) is 0 Å². The third kappa shape index (κ3) is 1.43. The predicted molar refractivity (Wildman–Crippen MR) is 58.2 cm³/mol. The molecule has 1 aliphatic rings. The lowest BCUT2D eigenvalue weighted by Crippen LogP contribution is -2.20. The number of fused-ring (bicyclic) bond motifs is 1. The minimum absolute atomic E-state index is 0.405. The van der Waals surface area contributed by atoms with E-state index in [1.165, 1.54) is 6.39 Å². The Hall–Kier alpha value is -1.95. The van der Waals surface area contributed by atoms with Crippen molar-refractivity contribution >= 4 is 22.8 Å². The second kappa shape index (κ2) is 3.57. The van der Waals surface area contributed by atoms with E-state index in [9.17, 15) is 4.21 Å². The van der Waals surface area contributed by atoms with Crippen molar-refractivity contribution in [1.29, 1.82) is 0 Å². The largest absolute Gasteiger partial charge is 0.342 e. The SMILES string of the molecule is O=S1NC(c2ncon2)=Cc2ccccc21. The van der Waals surface area contributed by atoms with Gasteiger partial charge < -0.3 is 4.52 Å². The average Bonchev–Trinajstić information content (AvgIpc) is 2.82. The summed E-state index contributed by atoms with van der Waals surface area (Å²) < 4.78 is 19.3. The molecule has 0 bridgehead atoms. The van der Waals surface area contributed by atoms with E-state index in [0.29, 0.717) is 11.5 Å². The summed E-state index contributed by atoms with van der Waals surface area (Å²) in [5, 5.41) is 3.70. The Morgan fingerprint density at radius 3 is 3.00 bits per heavy atom. The molecule has 0 radical (unpaired) electrons. The van der Waals surface area contributed by atoms with Crippen LogP contribution < -0.4 is 4.72 Å². The van der Waals surface area contributed by atoms with Crippen LogP contribution in [0.5, 0.6) is 0 Å². The van der Waals surface area contributed by atoms with Gasteiger partial charge in [-0.1, -0.05) is 23.4 Å². The maximum atomic E-state index is 11.9. The predicted octanol–water partition coefficient (Wildman–Crippen LogP) is 1.19. The van der Waals surface area contributed by atoms with E-state index >= 15 is 0 Å². The Kier molecular flexibility index (Phi) is 2.07. The van der Waals surface area contributed by atoms with E-state index in [4.69, 9.17) is 0 Å². The third-order valence-corrected chi connectivity index (χ3v) is 3.40. The van der Waals surface area contributed by atoms with Crippen LogP contribution in [0.1, 0.15) is 11.4 Å². The summed E-state index contributed by atoms with van der Waals surface area (Å²) in [6.07, 6.45) is 3.09. The first kappa shape index (κ1) is 9.29. The minimum Gasteiger partial charge on any atom is -0.342 e. The third-order valence-electron chi connectivity index (χ3n) is 2.22. The first-order valence-electron chi connectivity index (χ1n) is 4.60. The molecular formula is C10H7N3O2S. The molecule has 5 nitrogen and oxygen atoms in total. The monoisotopic (exact) mass is 233 g/mol. The zero-order valence-electron chi connectivity index (χ0n) is 8.08. The van der Waals surface area contributed by atoms with Gasteiger partial charge in [0.05, 0.1) is 10.6 Å². The highest BCUT2D eigenvalue weighted by atomic mass is 32.2. The number of nitrogens with one attached hydrogen (secondary N) is 1. The Morgan fingerprint density at radius 2 is 2.19 bits per heavy atom.